The molecule has 1 amide bonds. The molecule has 1 unspecified atom stereocenters. The largest absolute Gasteiger partial charge is 0.504 e. The highest BCUT2D eigenvalue weighted by Gasteiger charge is 2.35. The van der Waals surface area contributed by atoms with E-state index in [1.807, 2.05) is 0 Å². The molecule has 0 aliphatic heterocycles. The van der Waals surface area contributed by atoms with Crippen LogP contribution >= 0.6 is 22.9 Å². The quantitative estimate of drug-likeness (QED) is 0.890. The lowest BCUT2D eigenvalue weighted by Crippen LogP contribution is -2.28. The minimum Gasteiger partial charge on any atom is -0.504 e. The highest BCUT2D eigenvalue weighted by Crippen LogP contribution is 2.42. The number of nitrogens with two attached hydrogens (primary N) is 1. The van der Waals surface area contributed by atoms with Crippen LogP contribution in [0.15, 0.2) is 0 Å². The Morgan fingerprint density at radius 3 is 2.71 bits per heavy atom. The first-order chi connectivity index (χ1) is 7.91. The molecule has 94 valence electrons. The van der Waals surface area contributed by atoms with Crippen LogP contribution in [0.5, 0.6) is 5.75 Å². The normalized spacial score (nSPS) is 22.5. The first-order valence-electron chi connectivity index (χ1n) is 5.44. The standard InChI is InChI=1S/C11H15ClN2O2S/c1-5-3-6(5)4-14(2)11(16)9-8(15)7(13)10(12)17-9/h5-6,15H,3-4,13H2,1-2H3/t5?,6-/m1/s1. The Hall–Kier alpha value is -0.940. The lowest BCUT2D eigenvalue weighted by atomic mass is 10.3. The number of carbonyl (C=O) groups excluding carboxylic acids is 1. The number of rotatable bonds is 3. The van der Waals surface area contributed by atoms with Crippen LogP contribution in [0.1, 0.15) is 23.0 Å². The van der Waals surface area contributed by atoms with E-state index in [1.54, 1.807) is 11.9 Å². The van der Waals surface area contributed by atoms with Gasteiger partial charge in [-0.25, -0.2) is 0 Å². The van der Waals surface area contributed by atoms with E-state index in [1.165, 1.54) is 0 Å². The fourth-order valence-electron chi connectivity index (χ4n) is 1.81. The van der Waals surface area contributed by atoms with E-state index in [0.717, 1.165) is 24.3 Å². The third kappa shape index (κ3) is 2.35. The Labute approximate surface area is 109 Å². The molecule has 4 nitrogen and oxygen atoms in total. The van der Waals surface area contributed by atoms with Crippen LogP contribution < -0.4 is 5.73 Å². The summed E-state index contributed by atoms with van der Waals surface area (Å²) in [5.41, 5.74) is 5.62. The van der Waals surface area contributed by atoms with Crippen LogP contribution in [-0.4, -0.2) is 29.5 Å². The maximum absolute atomic E-state index is 12.1. The summed E-state index contributed by atoms with van der Waals surface area (Å²) in [5.74, 6) is 0.862. The number of nitrogen functional groups attached to an aromatic ring is 1. The average Bonchev–Trinajstić information content (AvgIpc) is 2.91. The molecular weight excluding hydrogens is 260 g/mol. The van der Waals surface area contributed by atoms with Gasteiger partial charge in [0.1, 0.15) is 14.9 Å². The molecule has 2 rings (SSSR count). The summed E-state index contributed by atoms with van der Waals surface area (Å²) in [5, 5.41) is 9.69. The number of halogens is 1. The Morgan fingerprint density at radius 1 is 1.71 bits per heavy atom. The second kappa shape index (κ2) is 4.38. The fourth-order valence-corrected chi connectivity index (χ4v) is 2.97. The highest BCUT2D eigenvalue weighted by molar-refractivity contribution is 7.19. The molecule has 2 atom stereocenters. The molecule has 17 heavy (non-hydrogen) atoms. The van der Waals surface area contributed by atoms with Crippen molar-refractivity contribution in [1.29, 1.82) is 0 Å². The lowest BCUT2D eigenvalue weighted by molar-refractivity contribution is 0.0789. The zero-order chi connectivity index (χ0) is 12.7. The topological polar surface area (TPSA) is 66.6 Å². The molecule has 6 heteroatoms. The first kappa shape index (κ1) is 12.5. The van der Waals surface area contributed by atoms with Crippen molar-refractivity contribution in [3.8, 4) is 5.75 Å². The van der Waals surface area contributed by atoms with E-state index in [9.17, 15) is 9.90 Å². The second-order valence-electron chi connectivity index (χ2n) is 4.63. The van der Waals surface area contributed by atoms with E-state index in [2.05, 4.69) is 6.92 Å². The maximum atomic E-state index is 12.1. The summed E-state index contributed by atoms with van der Waals surface area (Å²) >= 11 is 6.81. The van der Waals surface area contributed by atoms with Crippen molar-refractivity contribution >= 4 is 34.5 Å². The third-order valence-corrected chi connectivity index (χ3v) is 4.61. The summed E-state index contributed by atoms with van der Waals surface area (Å²) in [6.07, 6.45) is 1.16. The van der Waals surface area contributed by atoms with Gasteiger partial charge >= 0.3 is 0 Å². The maximum Gasteiger partial charge on any atom is 0.267 e. The van der Waals surface area contributed by atoms with Gasteiger partial charge in [0.05, 0.1) is 0 Å². The Bertz CT molecular complexity index is 461. The molecule has 0 aromatic carbocycles. The molecule has 1 aromatic heterocycles. The molecule has 1 heterocycles. The zero-order valence-electron chi connectivity index (χ0n) is 9.74. The van der Waals surface area contributed by atoms with Crippen molar-refractivity contribution < 1.29 is 9.90 Å². The molecule has 1 aliphatic carbocycles. The predicted molar refractivity (Wildman–Crippen MR) is 69.6 cm³/mol. The van der Waals surface area contributed by atoms with Crippen molar-refractivity contribution in [3.05, 3.63) is 9.21 Å². The second-order valence-corrected chi connectivity index (χ2v) is 6.25. The summed E-state index contributed by atoms with van der Waals surface area (Å²) < 4.78 is 0.263. The number of hydrogen-bond acceptors (Lipinski definition) is 4. The molecule has 1 fully saturated rings. The van der Waals surface area contributed by atoms with E-state index < -0.39 is 0 Å². The van der Waals surface area contributed by atoms with Gasteiger partial charge in [0.25, 0.3) is 5.91 Å². The van der Waals surface area contributed by atoms with Gasteiger partial charge in [-0.15, -0.1) is 11.3 Å². The smallest absolute Gasteiger partial charge is 0.267 e. The monoisotopic (exact) mass is 274 g/mol. The minimum absolute atomic E-state index is 0.0909. The summed E-state index contributed by atoms with van der Waals surface area (Å²) in [6.45, 7) is 2.88. The number of nitrogens with zero attached hydrogens (tertiary/aromatic N) is 1. The SMILES string of the molecule is CC1C[C@@H]1CN(C)C(=O)c1sc(Cl)c(N)c1O. The van der Waals surface area contributed by atoms with Gasteiger partial charge in [-0.1, -0.05) is 18.5 Å². The predicted octanol–water partition coefficient (Wildman–Crippen LogP) is 2.42. The summed E-state index contributed by atoms with van der Waals surface area (Å²) in [7, 11) is 1.73. The van der Waals surface area contributed by atoms with E-state index in [-0.39, 0.29) is 26.6 Å². The number of aromatic hydroxyl groups is 1. The molecular formula is C11H15ClN2O2S. The molecule has 0 spiro atoms. The molecule has 3 N–H and O–H groups in total. The molecule has 1 saturated carbocycles. The van der Waals surface area contributed by atoms with Crippen LogP contribution in [0.4, 0.5) is 5.69 Å². The fraction of sp³-hybridized carbons (Fsp3) is 0.545. The van der Waals surface area contributed by atoms with Gasteiger partial charge in [-0.05, 0) is 18.3 Å². The van der Waals surface area contributed by atoms with Gasteiger partial charge in [-0.3, -0.25) is 4.79 Å². The van der Waals surface area contributed by atoms with Gasteiger partial charge in [-0.2, -0.15) is 0 Å². The molecule has 0 bridgehead atoms. The van der Waals surface area contributed by atoms with Crippen molar-refractivity contribution in [2.24, 2.45) is 11.8 Å². The summed E-state index contributed by atoms with van der Waals surface area (Å²) in [4.78, 5) is 13.9. The van der Waals surface area contributed by atoms with Crippen LogP contribution in [0, 0.1) is 11.8 Å². The molecule has 0 radical (unpaired) electrons. The minimum atomic E-state index is -0.217. The zero-order valence-corrected chi connectivity index (χ0v) is 11.3. The number of carbonyl (C=O) groups is 1. The Kier molecular flexibility index (Phi) is 3.23. The highest BCUT2D eigenvalue weighted by atomic mass is 35.5. The van der Waals surface area contributed by atoms with Crippen LogP contribution in [0.3, 0.4) is 0 Å². The summed E-state index contributed by atoms with van der Waals surface area (Å²) in [6, 6.07) is 0. The lowest BCUT2D eigenvalue weighted by Gasteiger charge is -2.16. The average molecular weight is 275 g/mol. The van der Waals surface area contributed by atoms with Crippen molar-refractivity contribution in [1.82, 2.24) is 4.90 Å². The van der Waals surface area contributed by atoms with Crippen molar-refractivity contribution in [2.45, 2.75) is 13.3 Å². The van der Waals surface area contributed by atoms with Crippen LogP contribution in [0.25, 0.3) is 0 Å². The first-order valence-corrected chi connectivity index (χ1v) is 6.63. The number of thiophene rings is 1. The molecule has 0 saturated heterocycles. The van der Waals surface area contributed by atoms with Crippen molar-refractivity contribution in [2.75, 3.05) is 19.3 Å². The van der Waals surface area contributed by atoms with E-state index in [4.69, 9.17) is 17.3 Å². The van der Waals surface area contributed by atoms with Gasteiger partial charge in [0.2, 0.25) is 0 Å². The third-order valence-electron chi connectivity index (χ3n) is 3.20. The van der Waals surface area contributed by atoms with Gasteiger partial charge < -0.3 is 15.7 Å². The van der Waals surface area contributed by atoms with E-state index >= 15 is 0 Å². The Morgan fingerprint density at radius 2 is 2.29 bits per heavy atom. The van der Waals surface area contributed by atoms with Crippen LogP contribution in [0.2, 0.25) is 4.34 Å². The molecule has 1 aromatic rings. The van der Waals surface area contributed by atoms with Crippen molar-refractivity contribution in [3.63, 3.8) is 0 Å². The molecule has 1 aliphatic rings. The van der Waals surface area contributed by atoms with E-state index in [0.29, 0.717) is 11.8 Å². The number of anilines is 1. The van der Waals surface area contributed by atoms with Gasteiger partial charge in [0.15, 0.2) is 5.75 Å². The Balaban J connectivity index is 2.10. The van der Waals surface area contributed by atoms with Crippen LogP contribution in [-0.2, 0) is 0 Å². The van der Waals surface area contributed by atoms with Gasteiger partial charge in [0, 0.05) is 13.6 Å². The number of amides is 1. The number of hydrogen-bond donors (Lipinski definition) is 2.